The third-order valence-electron chi connectivity index (χ3n) is 6.63. The largest absolute Gasteiger partial charge is 0.497 e. The second-order valence-electron chi connectivity index (χ2n) is 8.73. The molecule has 3 heterocycles. The van der Waals surface area contributed by atoms with E-state index in [2.05, 4.69) is 4.98 Å². The number of aryl methyl sites for hydroxylation is 1. The quantitative estimate of drug-likeness (QED) is 0.380. The zero-order valence-electron chi connectivity index (χ0n) is 20.3. The summed E-state index contributed by atoms with van der Waals surface area (Å²) in [4.78, 5) is 6.22. The molecule has 0 atom stereocenters. The predicted molar refractivity (Wildman–Crippen MR) is 134 cm³/mol. The summed E-state index contributed by atoms with van der Waals surface area (Å²) in [6.07, 6.45) is 2.80. The molecule has 2 aromatic carbocycles. The summed E-state index contributed by atoms with van der Waals surface area (Å²) in [7, 11) is 3.32. The van der Waals surface area contributed by atoms with Gasteiger partial charge in [0.25, 0.3) is 0 Å². The number of aromatic nitrogens is 2. The van der Waals surface area contributed by atoms with E-state index in [1.165, 1.54) is 0 Å². The van der Waals surface area contributed by atoms with Crippen LogP contribution in [0.3, 0.4) is 0 Å². The van der Waals surface area contributed by atoms with Gasteiger partial charge in [-0.1, -0.05) is 17.1 Å². The molecule has 8 nitrogen and oxygen atoms in total. The first kappa shape index (κ1) is 23.1. The second-order valence-corrected chi connectivity index (χ2v) is 8.73. The molecule has 5 rings (SSSR count). The Morgan fingerprint density at radius 3 is 2.20 bits per heavy atom. The smallest absolute Gasteiger partial charge is 0.310 e. The van der Waals surface area contributed by atoms with Crippen LogP contribution in [0.2, 0.25) is 0 Å². The van der Waals surface area contributed by atoms with Crippen LogP contribution in [0.4, 0.5) is 5.82 Å². The SMILES string of the molecule is COc1ccc(-c2oc3nc[n+](CCC[NH+]4CCOCC4)c(N)c3c2-c2ccc(OC)cc2)cc1. The third kappa shape index (κ3) is 4.80. The lowest BCUT2D eigenvalue weighted by atomic mass is 9.99. The van der Waals surface area contributed by atoms with Crippen LogP contribution in [-0.4, -0.2) is 52.1 Å². The van der Waals surface area contributed by atoms with E-state index >= 15 is 0 Å². The molecule has 2 aromatic heterocycles. The standard InChI is InChI=1S/C27H30N4O4/c1-32-21-8-4-19(5-9-21)23-24-26(28)31(13-3-12-30-14-16-34-17-15-30)18-29-27(24)35-25(23)20-6-10-22(33-2)11-7-20/h4-11,18,28H,3,12-17H2,1-2H3/p+2. The van der Waals surface area contributed by atoms with Crippen LogP contribution in [-0.2, 0) is 11.3 Å². The average molecular weight is 477 g/mol. The van der Waals surface area contributed by atoms with Gasteiger partial charge < -0.3 is 29.3 Å². The van der Waals surface area contributed by atoms with Crippen LogP contribution in [0.25, 0.3) is 33.6 Å². The lowest BCUT2D eigenvalue weighted by molar-refractivity contribution is -0.910. The van der Waals surface area contributed by atoms with Crippen molar-refractivity contribution < 1.29 is 28.1 Å². The lowest BCUT2D eigenvalue weighted by Crippen LogP contribution is -3.14. The molecule has 1 saturated heterocycles. The van der Waals surface area contributed by atoms with Gasteiger partial charge >= 0.3 is 5.71 Å². The van der Waals surface area contributed by atoms with Gasteiger partial charge in [-0.3, -0.25) is 0 Å². The minimum Gasteiger partial charge on any atom is -0.497 e. The molecular weight excluding hydrogens is 444 g/mol. The van der Waals surface area contributed by atoms with E-state index in [0.29, 0.717) is 11.5 Å². The number of nitrogens with zero attached hydrogens (tertiary/aromatic N) is 2. The molecule has 0 unspecified atom stereocenters. The predicted octanol–water partition coefficient (Wildman–Crippen LogP) is 2.35. The Morgan fingerprint density at radius 1 is 0.943 bits per heavy atom. The summed E-state index contributed by atoms with van der Waals surface area (Å²) in [5.74, 6) is 2.96. The minimum absolute atomic E-state index is 0.522. The Bertz CT molecular complexity index is 1280. The third-order valence-corrected chi connectivity index (χ3v) is 6.63. The molecule has 35 heavy (non-hydrogen) atoms. The number of furan rings is 1. The number of fused-ring (bicyclic) bond motifs is 1. The topological polar surface area (TPSA) is 88.1 Å². The van der Waals surface area contributed by atoms with Crippen LogP contribution in [0.15, 0.2) is 59.3 Å². The van der Waals surface area contributed by atoms with Crippen LogP contribution in [0, 0.1) is 0 Å². The second kappa shape index (κ2) is 10.3. The first-order chi connectivity index (χ1) is 17.2. The van der Waals surface area contributed by atoms with Crippen LogP contribution < -0.4 is 24.7 Å². The highest BCUT2D eigenvalue weighted by Crippen LogP contribution is 2.42. The number of morpholine rings is 1. The highest BCUT2D eigenvalue weighted by molar-refractivity contribution is 6.04. The van der Waals surface area contributed by atoms with Gasteiger partial charge in [-0.15, -0.1) is 0 Å². The number of nitrogen functional groups attached to an aromatic ring is 1. The molecule has 1 aliphatic rings. The Balaban J connectivity index is 1.54. The minimum atomic E-state index is 0.522. The molecule has 4 aromatic rings. The molecule has 0 bridgehead atoms. The van der Waals surface area contributed by atoms with E-state index in [-0.39, 0.29) is 0 Å². The molecule has 8 heteroatoms. The van der Waals surface area contributed by atoms with E-state index in [9.17, 15) is 0 Å². The van der Waals surface area contributed by atoms with Crippen molar-refractivity contribution >= 4 is 16.9 Å². The van der Waals surface area contributed by atoms with Crippen molar-refractivity contribution in [2.45, 2.75) is 13.0 Å². The maximum atomic E-state index is 6.76. The maximum absolute atomic E-state index is 6.76. The number of hydrogen-bond acceptors (Lipinski definition) is 6. The van der Waals surface area contributed by atoms with Crippen molar-refractivity contribution in [1.82, 2.24) is 4.98 Å². The molecule has 0 radical (unpaired) electrons. The lowest BCUT2D eigenvalue weighted by Gasteiger charge is -2.23. The number of methoxy groups -OCH3 is 2. The summed E-state index contributed by atoms with van der Waals surface area (Å²) >= 11 is 0. The van der Waals surface area contributed by atoms with E-state index in [1.807, 2.05) is 53.1 Å². The highest BCUT2D eigenvalue weighted by atomic mass is 16.5. The summed E-state index contributed by atoms with van der Waals surface area (Å²) in [5, 5.41) is 0.821. The Kier molecular flexibility index (Phi) is 6.83. The normalized spacial score (nSPS) is 14.3. The average Bonchev–Trinajstić information content (AvgIpc) is 3.31. The van der Waals surface area contributed by atoms with Crippen molar-refractivity contribution in [3.05, 3.63) is 54.9 Å². The van der Waals surface area contributed by atoms with Crippen LogP contribution in [0.1, 0.15) is 6.42 Å². The van der Waals surface area contributed by atoms with Gasteiger partial charge in [-0.05, 0) is 42.0 Å². The summed E-state index contributed by atoms with van der Waals surface area (Å²) in [6, 6.07) is 15.7. The Morgan fingerprint density at radius 2 is 1.57 bits per heavy atom. The van der Waals surface area contributed by atoms with Crippen molar-refractivity contribution in [2.24, 2.45) is 0 Å². The molecule has 3 N–H and O–H groups in total. The van der Waals surface area contributed by atoms with Crippen molar-refractivity contribution in [2.75, 3.05) is 52.8 Å². The molecule has 1 aliphatic heterocycles. The molecule has 0 saturated carbocycles. The molecule has 0 aliphatic carbocycles. The number of ether oxygens (including phenoxy) is 3. The van der Waals surface area contributed by atoms with Gasteiger partial charge in [-0.2, -0.15) is 0 Å². The fourth-order valence-electron chi connectivity index (χ4n) is 4.64. The summed E-state index contributed by atoms with van der Waals surface area (Å²) in [6.45, 7) is 5.68. The van der Waals surface area contributed by atoms with Crippen molar-refractivity contribution in [3.8, 4) is 33.9 Å². The van der Waals surface area contributed by atoms with E-state index in [4.69, 9.17) is 24.4 Å². The number of rotatable bonds is 8. The molecule has 0 amide bonds. The number of hydrogen-bond donors (Lipinski definition) is 2. The molecular formula is C27H32N4O4+2. The van der Waals surface area contributed by atoms with Crippen LogP contribution in [0.5, 0.6) is 11.5 Å². The monoisotopic (exact) mass is 476 g/mol. The van der Waals surface area contributed by atoms with E-state index < -0.39 is 0 Å². The zero-order valence-corrected chi connectivity index (χ0v) is 20.3. The van der Waals surface area contributed by atoms with E-state index in [1.54, 1.807) is 25.4 Å². The number of nitrogens with one attached hydrogen (secondary N) is 1. The number of quaternary nitrogens is 1. The fraction of sp³-hybridized carbons (Fsp3) is 0.333. The van der Waals surface area contributed by atoms with E-state index in [0.717, 1.165) is 85.1 Å². The van der Waals surface area contributed by atoms with Gasteiger partial charge in [0.1, 0.15) is 35.7 Å². The van der Waals surface area contributed by atoms with Gasteiger partial charge in [0, 0.05) is 17.5 Å². The first-order valence-electron chi connectivity index (χ1n) is 12.0. The zero-order chi connectivity index (χ0) is 24.2. The van der Waals surface area contributed by atoms with Gasteiger partial charge in [0.15, 0.2) is 0 Å². The van der Waals surface area contributed by atoms with Gasteiger partial charge in [0.2, 0.25) is 12.1 Å². The number of benzene rings is 2. The number of nitrogens with two attached hydrogens (primary N) is 1. The summed E-state index contributed by atoms with van der Waals surface area (Å²) in [5.41, 5.74) is 10.1. The molecule has 1 fully saturated rings. The van der Waals surface area contributed by atoms with Crippen LogP contribution >= 0.6 is 0 Å². The maximum Gasteiger partial charge on any atom is 0.310 e. The highest BCUT2D eigenvalue weighted by Gasteiger charge is 2.26. The Hall–Kier alpha value is -3.62. The first-order valence-corrected chi connectivity index (χ1v) is 12.0. The van der Waals surface area contributed by atoms with Gasteiger partial charge in [0.05, 0.1) is 40.5 Å². The van der Waals surface area contributed by atoms with Crippen molar-refractivity contribution in [1.29, 1.82) is 0 Å². The summed E-state index contributed by atoms with van der Waals surface area (Å²) < 4.78 is 24.5. The Labute approximate surface area is 204 Å². The van der Waals surface area contributed by atoms with Crippen molar-refractivity contribution in [3.63, 3.8) is 0 Å². The van der Waals surface area contributed by atoms with Gasteiger partial charge in [-0.25, -0.2) is 4.57 Å². The molecule has 0 spiro atoms. The molecule has 182 valence electrons. The fourth-order valence-corrected chi connectivity index (χ4v) is 4.64. The number of anilines is 1.